The van der Waals surface area contributed by atoms with Crippen molar-refractivity contribution in [2.75, 3.05) is 37.6 Å². The summed E-state index contributed by atoms with van der Waals surface area (Å²) in [5.74, 6) is 0.125. The minimum Gasteiger partial charge on any atom is -0.369 e. The van der Waals surface area contributed by atoms with Crippen LogP contribution in [0.15, 0.2) is 30.3 Å². The molecule has 2 heterocycles. The van der Waals surface area contributed by atoms with Gasteiger partial charge in [0.1, 0.15) is 0 Å². The summed E-state index contributed by atoms with van der Waals surface area (Å²) in [7, 11) is -3.74. The number of nitriles is 1. The molecule has 7 nitrogen and oxygen atoms in total. The molecule has 2 saturated heterocycles. The fourth-order valence-electron chi connectivity index (χ4n) is 3.56. The highest BCUT2D eigenvalue weighted by Crippen LogP contribution is 2.29. The predicted molar refractivity (Wildman–Crippen MR) is 87.5 cm³/mol. The molecule has 0 saturated carbocycles. The maximum atomic E-state index is 12.0. The van der Waals surface area contributed by atoms with E-state index in [-0.39, 0.29) is 12.0 Å². The fourth-order valence-corrected chi connectivity index (χ4v) is 4.51. The monoisotopic (exact) mass is 335 g/mol. The lowest BCUT2D eigenvalue weighted by Gasteiger charge is -2.43. The summed E-state index contributed by atoms with van der Waals surface area (Å²) in [5.41, 5.74) is 1.08. The van der Waals surface area contributed by atoms with Gasteiger partial charge in [-0.1, -0.05) is 18.2 Å². The van der Waals surface area contributed by atoms with Gasteiger partial charge in [-0.05, 0) is 24.5 Å². The van der Waals surface area contributed by atoms with E-state index in [1.807, 2.05) is 30.3 Å². The van der Waals surface area contributed by atoms with E-state index in [9.17, 15) is 8.42 Å². The van der Waals surface area contributed by atoms with E-state index in [1.54, 1.807) is 4.90 Å². The van der Waals surface area contributed by atoms with Crippen molar-refractivity contribution in [1.82, 2.24) is 9.21 Å². The van der Waals surface area contributed by atoms with Crippen LogP contribution in [0.25, 0.3) is 0 Å². The molecular formula is C15H21N5O2S. The Kier molecular flexibility index (Phi) is 4.43. The van der Waals surface area contributed by atoms with Crippen LogP contribution in [0, 0.1) is 17.4 Å². The van der Waals surface area contributed by atoms with Gasteiger partial charge in [0.15, 0.2) is 6.19 Å². The SMILES string of the molecule is N#CN1CCC(C2CN(c3ccccc3)CCN2S(N)(=O)=O)C1. The van der Waals surface area contributed by atoms with Crippen molar-refractivity contribution in [2.24, 2.45) is 11.1 Å². The average molecular weight is 335 g/mol. The standard InChI is InChI=1S/C15H21N5O2S/c16-12-18-7-6-13(10-18)15-11-19(14-4-2-1-3-5-14)8-9-20(15)23(17,21)22/h1-5,13,15H,6-11H2,(H2,17,21,22). The molecule has 2 aliphatic rings. The predicted octanol–water partition coefficient (Wildman–Crippen LogP) is 0.184. The van der Waals surface area contributed by atoms with Crippen molar-refractivity contribution >= 4 is 15.9 Å². The van der Waals surface area contributed by atoms with Gasteiger partial charge in [-0.15, -0.1) is 0 Å². The first-order valence-corrected chi connectivity index (χ1v) is 9.23. The van der Waals surface area contributed by atoms with Crippen LogP contribution in [0.5, 0.6) is 0 Å². The molecular weight excluding hydrogens is 314 g/mol. The first-order chi connectivity index (χ1) is 11.0. The zero-order valence-electron chi connectivity index (χ0n) is 12.9. The molecule has 3 rings (SSSR count). The minimum atomic E-state index is -3.74. The van der Waals surface area contributed by atoms with Crippen LogP contribution >= 0.6 is 0 Å². The number of anilines is 1. The van der Waals surface area contributed by atoms with Crippen LogP contribution in [-0.4, -0.2) is 56.4 Å². The van der Waals surface area contributed by atoms with Crippen molar-refractivity contribution in [3.8, 4) is 6.19 Å². The van der Waals surface area contributed by atoms with Gasteiger partial charge in [0, 0.05) is 44.5 Å². The molecule has 2 atom stereocenters. The van der Waals surface area contributed by atoms with Crippen LogP contribution in [-0.2, 0) is 10.2 Å². The van der Waals surface area contributed by atoms with Gasteiger partial charge in [-0.3, -0.25) is 0 Å². The van der Waals surface area contributed by atoms with Crippen molar-refractivity contribution in [1.29, 1.82) is 5.26 Å². The normalized spacial score (nSPS) is 26.3. The third-order valence-corrected chi connectivity index (χ3v) is 5.83. The summed E-state index contributed by atoms with van der Waals surface area (Å²) >= 11 is 0. The fraction of sp³-hybridized carbons (Fsp3) is 0.533. The van der Waals surface area contributed by atoms with Gasteiger partial charge in [-0.25, -0.2) is 5.14 Å². The van der Waals surface area contributed by atoms with Crippen LogP contribution < -0.4 is 10.0 Å². The summed E-state index contributed by atoms with van der Waals surface area (Å²) in [6.07, 6.45) is 2.96. The summed E-state index contributed by atoms with van der Waals surface area (Å²) in [6, 6.07) is 9.77. The first kappa shape index (κ1) is 16.1. The van der Waals surface area contributed by atoms with Crippen LogP contribution in [0.2, 0.25) is 0 Å². The number of piperazine rings is 1. The summed E-state index contributed by atoms with van der Waals surface area (Å²) in [4.78, 5) is 3.88. The minimum absolute atomic E-state index is 0.125. The molecule has 124 valence electrons. The topological polar surface area (TPSA) is 93.7 Å². The molecule has 0 radical (unpaired) electrons. The number of para-hydroxylation sites is 1. The third kappa shape index (κ3) is 3.42. The first-order valence-electron chi connectivity index (χ1n) is 7.73. The lowest BCUT2D eigenvalue weighted by Crippen LogP contribution is -2.59. The van der Waals surface area contributed by atoms with E-state index in [1.165, 1.54) is 4.31 Å². The number of nitrogens with two attached hydrogens (primary N) is 1. The summed E-state index contributed by atoms with van der Waals surface area (Å²) in [5, 5.41) is 14.5. The Morgan fingerprint density at radius 2 is 1.87 bits per heavy atom. The van der Waals surface area contributed by atoms with Crippen LogP contribution in [0.3, 0.4) is 0 Å². The zero-order chi connectivity index (χ0) is 16.4. The van der Waals surface area contributed by atoms with E-state index in [2.05, 4.69) is 11.1 Å². The molecule has 2 N–H and O–H groups in total. The lowest BCUT2D eigenvalue weighted by atomic mass is 9.96. The van der Waals surface area contributed by atoms with Gasteiger partial charge in [-0.2, -0.15) is 18.0 Å². The van der Waals surface area contributed by atoms with Gasteiger partial charge in [0.05, 0.1) is 0 Å². The smallest absolute Gasteiger partial charge is 0.277 e. The molecule has 0 aliphatic carbocycles. The lowest BCUT2D eigenvalue weighted by molar-refractivity contribution is 0.219. The summed E-state index contributed by atoms with van der Waals surface area (Å²) < 4.78 is 25.3. The Morgan fingerprint density at radius 3 is 2.48 bits per heavy atom. The van der Waals surface area contributed by atoms with E-state index in [0.717, 1.165) is 12.1 Å². The molecule has 23 heavy (non-hydrogen) atoms. The van der Waals surface area contributed by atoms with Crippen molar-refractivity contribution in [2.45, 2.75) is 12.5 Å². The molecule has 0 spiro atoms. The Labute approximate surface area is 137 Å². The van der Waals surface area contributed by atoms with Crippen molar-refractivity contribution in [3.05, 3.63) is 30.3 Å². The highest BCUT2D eigenvalue weighted by Gasteiger charge is 2.40. The third-order valence-electron chi connectivity index (χ3n) is 4.73. The van der Waals surface area contributed by atoms with E-state index in [0.29, 0.717) is 32.7 Å². The molecule has 0 amide bonds. The van der Waals surface area contributed by atoms with Gasteiger partial charge in [0.25, 0.3) is 10.2 Å². The number of hydrogen-bond acceptors (Lipinski definition) is 5. The molecule has 8 heteroatoms. The molecule has 0 aromatic heterocycles. The van der Waals surface area contributed by atoms with E-state index in [4.69, 9.17) is 10.4 Å². The quantitative estimate of drug-likeness (QED) is 0.796. The number of nitrogens with zero attached hydrogens (tertiary/aromatic N) is 4. The van der Waals surface area contributed by atoms with Gasteiger partial charge in [0.2, 0.25) is 0 Å². The number of benzene rings is 1. The average Bonchev–Trinajstić information content (AvgIpc) is 3.03. The Bertz CT molecular complexity index is 688. The van der Waals surface area contributed by atoms with Gasteiger partial charge >= 0.3 is 0 Å². The molecule has 2 unspecified atom stereocenters. The number of rotatable bonds is 3. The Hall–Kier alpha value is -1.82. The Morgan fingerprint density at radius 1 is 1.13 bits per heavy atom. The second-order valence-electron chi connectivity index (χ2n) is 6.10. The Balaban J connectivity index is 1.82. The van der Waals surface area contributed by atoms with Crippen LogP contribution in [0.4, 0.5) is 5.69 Å². The van der Waals surface area contributed by atoms with Crippen LogP contribution in [0.1, 0.15) is 6.42 Å². The highest BCUT2D eigenvalue weighted by molar-refractivity contribution is 7.86. The number of hydrogen-bond donors (Lipinski definition) is 1. The molecule has 2 aliphatic heterocycles. The highest BCUT2D eigenvalue weighted by atomic mass is 32.2. The summed E-state index contributed by atoms with van der Waals surface area (Å²) in [6.45, 7) is 2.87. The second-order valence-corrected chi connectivity index (χ2v) is 7.60. The second kappa shape index (κ2) is 6.35. The molecule has 2 fully saturated rings. The number of likely N-dealkylation sites (tertiary alicyclic amines) is 1. The van der Waals surface area contributed by atoms with Crippen molar-refractivity contribution in [3.63, 3.8) is 0 Å². The molecule has 1 aromatic rings. The zero-order valence-corrected chi connectivity index (χ0v) is 13.7. The van der Waals surface area contributed by atoms with E-state index < -0.39 is 10.2 Å². The maximum Gasteiger partial charge on any atom is 0.277 e. The van der Waals surface area contributed by atoms with Gasteiger partial charge < -0.3 is 9.80 Å². The molecule has 1 aromatic carbocycles. The molecule has 0 bridgehead atoms. The largest absolute Gasteiger partial charge is 0.369 e. The maximum absolute atomic E-state index is 12.0. The van der Waals surface area contributed by atoms with Crippen molar-refractivity contribution < 1.29 is 8.42 Å². The van der Waals surface area contributed by atoms with E-state index >= 15 is 0 Å².